The van der Waals surface area contributed by atoms with Crippen LogP contribution in [0.3, 0.4) is 0 Å². The Morgan fingerprint density at radius 3 is 2.31 bits per heavy atom. The molecule has 0 spiro atoms. The van der Waals surface area contributed by atoms with Crippen molar-refractivity contribution in [2.75, 3.05) is 11.5 Å². The molecule has 3 nitrogen and oxygen atoms in total. The summed E-state index contributed by atoms with van der Waals surface area (Å²) < 4.78 is 0. The van der Waals surface area contributed by atoms with Gasteiger partial charge in [0.25, 0.3) is 0 Å². The molecular weight excluding hydrogens is 245 g/mol. The van der Waals surface area contributed by atoms with E-state index in [1.165, 1.54) is 0 Å². The molecule has 0 fully saturated rings. The van der Waals surface area contributed by atoms with Gasteiger partial charge in [0.1, 0.15) is 11.6 Å². The molecule has 1 aromatic heterocycles. The molecular formula is C11H9Cl2N3. The van der Waals surface area contributed by atoms with Gasteiger partial charge >= 0.3 is 0 Å². The summed E-state index contributed by atoms with van der Waals surface area (Å²) in [5.41, 5.74) is 12.9. The molecule has 2 aromatic rings. The van der Waals surface area contributed by atoms with Crippen LogP contribution in [0, 0.1) is 0 Å². The molecule has 1 aromatic carbocycles. The van der Waals surface area contributed by atoms with Gasteiger partial charge in [-0.25, -0.2) is 4.98 Å². The average Bonchev–Trinajstić information content (AvgIpc) is 2.22. The van der Waals surface area contributed by atoms with Crippen molar-refractivity contribution in [1.29, 1.82) is 0 Å². The number of nitrogens with zero attached hydrogens (tertiary/aromatic N) is 1. The van der Waals surface area contributed by atoms with Crippen LogP contribution in [0.2, 0.25) is 10.0 Å². The van der Waals surface area contributed by atoms with Crippen LogP contribution in [-0.4, -0.2) is 4.98 Å². The van der Waals surface area contributed by atoms with E-state index in [-0.39, 0.29) is 0 Å². The summed E-state index contributed by atoms with van der Waals surface area (Å²) in [6, 6.07) is 8.78. The minimum atomic E-state index is 0.374. The standard InChI is InChI=1S/C11H9Cl2N3/c12-8-3-1-6(5-9(8)13)7-2-4-10(14)16-11(7)15/h1-5H,(H4,14,15,16). The van der Waals surface area contributed by atoms with Gasteiger partial charge in [-0.05, 0) is 29.8 Å². The van der Waals surface area contributed by atoms with E-state index in [4.69, 9.17) is 34.7 Å². The van der Waals surface area contributed by atoms with Crippen LogP contribution in [0.4, 0.5) is 11.6 Å². The number of nitrogens with two attached hydrogens (primary N) is 2. The maximum Gasteiger partial charge on any atom is 0.133 e. The summed E-state index contributed by atoms with van der Waals surface area (Å²) in [4.78, 5) is 3.98. The van der Waals surface area contributed by atoms with Crippen molar-refractivity contribution in [3.8, 4) is 11.1 Å². The number of nitrogen functional groups attached to an aromatic ring is 2. The zero-order valence-electron chi connectivity index (χ0n) is 8.24. The normalized spacial score (nSPS) is 10.4. The second-order valence-corrected chi connectivity index (χ2v) is 4.11. The summed E-state index contributed by atoms with van der Waals surface area (Å²) in [5, 5.41) is 0.989. The van der Waals surface area contributed by atoms with Crippen molar-refractivity contribution in [1.82, 2.24) is 4.98 Å². The fraction of sp³-hybridized carbons (Fsp3) is 0. The highest BCUT2D eigenvalue weighted by Crippen LogP contribution is 2.31. The number of aromatic nitrogens is 1. The fourth-order valence-corrected chi connectivity index (χ4v) is 1.70. The first-order chi connectivity index (χ1) is 7.58. The van der Waals surface area contributed by atoms with Crippen LogP contribution in [0.5, 0.6) is 0 Å². The maximum atomic E-state index is 5.93. The van der Waals surface area contributed by atoms with Gasteiger partial charge in [-0.1, -0.05) is 29.3 Å². The van der Waals surface area contributed by atoms with Gasteiger partial charge in [0.05, 0.1) is 10.0 Å². The maximum absolute atomic E-state index is 5.93. The van der Waals surface area contributed by atoms with Crippen molar-refractivity contribution in [3.05, 3.63) is 40.4 Å². The quantitative estimate of drug-likeness (QED) is 0.821. The van der Waals surface area contributed by atoms with Crippen LogP contribution in [0.25, 0.3) is 11.1 Å². The van der Waals surface area contributed by atoms with Crippen LogP contribution >= 0.6 is 23.2 Å². The number of pyridine rings is 1. The molecule has 0 bridgehead atoms. The van der Waals surface area contributed by atoms with E-state index in [2.05, 4.69) is 4.98 Å². The highest BCUT2D eigenvalue weighted by Gasteiger charge is 2.06. The van der Waals surface area contributed by atoms with Crippen molar-refractivity contribution in [2.45, 2.75) is 0 Å². The van der Waals surface area contributed by atoms with Crippen LogP contribution in [0.1, 0.15) is 0 Å². The van der Waals surface area contributed by atoms with Gasteiger partial charge in [-0.2, -0.15) is 0 Å². The molecule has 0 atom stereocenters. The van der Waals surface area contributed by atoms with Crippen molar-refractivity contribution < 1.29 is 0 Å². The van der Waals surface area contributed by atoms with Crippen LogP contribution in [0.15, 0.2) is 30.3 Å². The monoisotopic (exact) mass is 253 g/mol. The van der Waals surface area contributed by atoms with Gasteiger partial charge in [-0.3, -0.25) is 0 Å². The molecule has 0 saturated carbocycles. The molecule has 0 aliphatic heterocycles. The van der Waals surface area contributed by atoms with Crippen molar-refractivity contribution in [2.24, 2.45) is 0 Å². The molecule has 4 N–H and O–H groups in total. The molecule has 0 saturated heterocycles. The van der Waals surface area contributed by atoms with Crippen LogP contribution < -0.4 is 11.5 Å². The number of rotatable bonds is 1. The molecule has 0 aliphatic carbocycles. The van der Waals surface area contributed by atoms with Gasteiger partial charge in [0.15, 0.2) is 0 Å². The summed E-state index contributed by atoms with van der Waals surface area (Å²) in [5.74, 6) is 0.764. The zero-order valence-corrected chi connectivity index (χ0v) is 9.76. The van der Waals surface area contributed by atoms with Gasteiger partial charge in [0, 0.05) is 5.56 Å². The van der Waals surface area contributed by atoms with E-state index >= 15 is 0 Å². The minimum Gasteiger partial charge on any atom is -0.384 e. The predicted octanol–water partition coefficient (Wildman–Crippen LogP) is 3.22. The van der Waals surface area contributed by atoms with Gasteiger partial charge < -0.3 is 11.5 Å². The molecule has 2 rings (SSSR count). The molecule has 0 amide bonds. The first kappa shape index (κ1) is 11.0. The fourth-order valence-electron chi connectivity index (χ4n) is 1.40. The molecule has 0 aliphatic rings. The Labute approximate surface area is 103 Å². The Hall–Kier alpha value is -1.45. The lowest BCUT2D eigenvalue weighted by Crippen LogP contribution is -1.98. The van der Waals surface area contributed by atoms with Crippen molar-refractivity contribution in [3.63, 3.8) is 0 Å². The third-order valence-electron chi connectivity index (χ3n) is 2.18. The molecule has 0 unspecified atom stereocenters. The van der Waals surface area contributed by atoms with E-state index in [0.29, 0.717) is 21.7 Å². The highest BCUT2D eigenvalue weighted by atomic mass is 35.5. The van der Waals surface area contributed by atoms with Gasteiger partial charge in [-0.15, -0.1) is 0 Å². The molecule has 0 radical (unpaired) electrons. The van der Waals surface area contributed by atoms with E-state index in [1.807, 2.05) is 6.07 Å². The van der Waals surface area contributed by atoms with Crippen molar-refractivity contribution >= 4 is 34.8 Å². The minimum absolute atomic E-state index is 0.374. The largest absolute Gasteiger partial charge is 0.384 e. The summed E-state index contributed by atoms with van der Waals surface area (Å²) in [6.07, 6.45) is 0. The smallest absolute Gasteiger partial charge is 0.133 e. The zero-order chi connectivity index (χ0) is 11.7. The van der Waals surface area contributed by atoms with Crippen LogP contribution in [-0.2, 0) is 0 Å². The molecule has 1 heterocycles. The Kier molecular flexibility index (Phi) is 2.90. The number of halogens is 2. The first-order valence-corrected chi connectivity index (χ1v) is 5.31. The lowest BCUT2D eigenvalue weighted by atomic mass is 10.1. The molecule has 16 heavy (non-hydrogen) atoms. The lowest BCUT2D eigenvalue weighted by Gasteiger charge is -2.06. The summed E-state index contributed by atoms with van der Waals surface area (Å²) in [6.45, 7) is 0. The number of anilines is 2. The number of benzene rings is 1. The molecule has 82 valence electrons. The Bertz CT molecular complexity index is 541. The summed E-state index contributed by atoms with van der Waals surface area (Å²) in [7, 11) is 0. The first-order valence-electron chi connectivity index (χ1n) is 4.55. The van der Waals surface area contributed by atoms with E-state index in [1.54, 1.807) is 24.3 Å². The number of hydrogen-bond acceptors (Lipinski definition) is 3. The predicted molar refractivity (Wildman–Crippen MR) is 68.5 cm³/mol. The third-order valence-corrected chi connectivity index (χ3v) is 2.92. The highest BCUT2D eigenvalue weighted by molar-refractivity contribution is 6.42. The average molecular weight is 254 g/mol. The van der Waals surface area contributed by atoms with Gasteiger partial charge in [0.2, 0.25) is 0 Å². The van der Waals surface area contributed by atoms with E-state index < -0.39 is 0 Å². The Balaban J connectivity index is 2.54. The second-order valence-electron chi connectivity index (χ2n) is 3.30. The molecule has 5 heteroatoms. The Morgan fingerprint density at radius 2 is 1.69 bits per heavy atom. The Morgan fingerprint density at radius 1 is 0.938 bits per heavy atom. The second kappa shape index (κ2) is 4.20. The SMILES string of the molecule is Nc1ccc(-c2ccc(Cl)c(Cl)c2)c(N)n1. The van der Waals surface area contributed by atoms with E-state index in [0.717, 1.165) is 11.1 Å². The topological polar surface area (TPSA) is 64.9 Å². The summed E-state index contributed by atoms with van der Waals surface area (Å²) >= 11 is 11.8. The van der Waals surface area contributed by atoms with E-state index in [9.17, 15) is 0 Å². The lowest BCUT2D eigenvalue weighted by molar-refractivity contribution is 1.34. The third kappa shape index (κ3) is 2.05. The number of hydrogen-bond donors (Lipinski definition) is 2.